The van der Waals surface area contributed by atoms with Crippen LogP contribution in [0.2, 0.25) is 0 Å². The number of ether oxygens (including phenoxy) is 1. The Labute approximate surface area is 206 Å². The average molecular weight is 556 g/mol. The van der Waals surface area contributed by atoms with Crippen LogP contribution in [-0.2, 0) is 5.41 Å². The molecule has 1 N–H and O–H groups in total. The Morgan fingerprint density at radius 3 is 2.72 bits per heavy atom. The summed E-state index contributed by atoms with van der Waals surface area (Å²) in [5.74, 6) is 1.85. The zero-order chi connectivity index (χ0) is 22.6. The Kier molecular flexibility index (Phi) is 5.45. The van der Waals surface area contributed by atoms with Gasteiger partial charge in [-0.25, -0.2) is 0 Å². The van der Waals surface area contributed by atoms with E-state index in [0.29, 0.717) is 10.2 Å². The number of benzene rings is 2. The van der Waals surface area contributed by atoms with Crippen LogP contribution in [0.4, 0.5) is 5.69 Å². The monoisotopic (exact) mass is 554 g/mol. The highest BCUT2D eigenvalue weighted by molar-refractivity contribution is 9.10. The summed E-state index contributed by atoms with van der Waals surface area (Å²) in [7, 11) is 0. The molecule has 164 valence electrons. The number of phenolic OH excluding ortho intramolecular Hbond substituents is 1. The van der Waals surface area contributed by atoms with Crippen LogP contribution in [0.1, 0.15) is 51.2 Å². The first-order valence-electron chi connectivity index (χ1n) is 11.1. The summed E-state index contributed by atoms with van der Waals surface area (Å²) in [6.07, 6.45) is 9.82. The van der Waals surface area contributed by atoms with Crippen molar-refractivity contribution in [2.45, 2.75) is 45.4 Å². The van der Waals surface area contributed by atoms with Gasteiger partial charge in [0, 0.05) is 33.8 Å². The molecule has 0 fully saturated rings. The number of hydrogen-bond acceptors (Lipinski definition) is 2. The van der Waals surface area contributed by atoms with Gasteiger partial charge in [0.15, 0.2) is 5.71 Å². The third-order valence-corrected chi connectivity index (χ3v) is 7.84. The largest absolute Gasteiger partial charge is 0.507 e. The van der Waals surface area contributed by atoms with Gasteiger partial charge in [-0.15, -0.1) is 0 Å². The van der Waals surface area contributed by atoms with Crippen molar-refractivity contribution < 1.29 is 14.4 Å². The minimum Gasteiger partial charge on any atom is -0.507 e. The molecule has 0 aromatic heterocycles. The highest BCUT2D eigenvalue weighted by Gasteiger charge is 2.44. The van der Waals surface area contributed by atoms with Gasteiger partial charge >= 0.3 is 0 Å². The number of hydrogen-bond donors (Lipinski definition) is 1. The normalized spacial score (nSPS) is 19.0. The second kappa shape index (κ2) is 8.03. The van der Waals surface area contributed by atoms with E-state index >= 15 is 0 Å². The molecule has 0 radical (unpaired) electrons. The van der Waals surface area contributed by atoms with Gasteiger partial charge in [-0.3, -0.25) is 0 Å². The molecule has 3 nitrogen and oxygen atoms in total. The van der Waals surface area contributed by atoms with Crippen LogP contribution in [-0.4, -0.2) is 21.9 Å². The smallest absolute Gasteiger partial charge is 0.209 e. The molecule has 5 heteroatoms. The first-order chi connectivity index (χ1) is 15.3. The molecule has 0 saturated carbocycles. The lowest BCUT2D eigenvalue weighted by Crippen LogP contribution is -2.27. The number of allylic oxidation sites excluding steroid dienone is 4. The second-order valence-corrected chi connectivity index (χ2v) is 10.8. The third kappa shape index (κ3) is 3.50. The molecule has 2 heterocycles. The van der Waals surface area contributed by atoms with Gasteiger partial charge in [0.2, 0.25) is 5.69 Å². The van der Waals surface area contributed by atoms with Crippen LogP contribution >= 0.6 is 31.9 Å². The highest BCUT2D eigenvalue weighted by atomic mass is 79.9. The van der Waals surface area contributed by atoms with E-state index in [2.05, 4.69) is 93.6 Å². The summed E-state index contributed by atoms with van der Waals surface area (Å²) in [4.78, 5) is 0. The number of fused-ring (bicyclic) bond motifs is 3. The summed E-state index contributed by atoms with van der Waals surface area (Å²) < 4.78 is 10.5. The minimum absolute atomic E-state index is 0.0811. The van der Waals surface area contributed by atoms with Gasteiger partial charge in [-0.1, -0.05) is 15.9 Å². The van der Waals surface area contributed by atoms with Gasteiger partial charge in [0.05, 0.1) is 9.89 Å². The topological polar surface area (TPSA) is 32.5 Å². The summed E-state index contributed by atoms with van der Waals surface area (Å²) in [5.41, 5.74) is 7.30. The van der Waals surface area contributed by atoms with E-state index in [9.17, 15) is 5.11 Å². The van der Waals surface area contributed by atoms with Crippen LogP contribution in [0.15, 0.2) is 68.3 Å². The molecule has 2 aromatic rings. The Morgan fingerprint density at radius 1 is 1.12 bits per heavy atom. The van der Waals surface area contributed by atoms with Crippen molar-refractivity contribution in [3.05, 3.63) is 79.5 Å². The number of nitrogens with zero attached hydrogens (tertiary/aromatic N) is 1. The molecule has 0 bridgehead atoms. The van der Waals surface area contributed by atoms with Crippen LogP contribution < -0.4 is 4.74 Å². The molecule has 2 aromatic carbocycles. The van der Waals surface area contributed by atoms with Gasteiger partial charge < -0.3 is 9.84 Å². The van der Waals surface area contributed by atoms with E-state index in [1.54, 1.807) is 6.07 Å². The number of aromatic hydroxyl groups is 1. The quantitative estimate of drug-likeness (QED) is 0.392. The fourth-order valence-corrected chi connectivity index (χ4v) is 5.78. The molecule has 0 saturated heterocycles. The Balaban J connectivity index is 1.56. The van der Waals surface area contributed by atoms with Crippen molar-refractivity contribution in [3.63, 3.8) is 0 Å². The zero-order valence-electron chi connectivity index (χ0n) is 18.5. The first kappa shape index (κ1) is 21.7. The third-order valence-electron chi connectivity index (χ3n) is 6.71. The molecular weight excluding hydrogens is 530 g/mol. The molecule has 2 aliphatic heterocycles. The van der Waals surface area contributed by atoms with Crippen molar-refractivity contribution in [1.29, 1.82) is 0 Å². The fraction of sp³-hybridized carbons (Fsp3) is 0.296. The number of phenols is 1. The van der Waals surface area contributed by atoms with Gasteiger partial charge in [-0.2, -0.15) is 4.58 Å². The Hall–Kier alpha value is -2.11. The molecule has 1 aliphatic carbocycles. The van der Waals surface area contributed by atoms with Gasteiger partial charge in [-0.05, 0) is 97.5 Å². The summed E-state index contributed by atoms with van der Waals surface area (Å²) in [6.45, 7) is 7.72. The fourth-order valence-electron chi connectivity index (χ4n) is 5.06. The SMILES string of the molecule is CC[N+]1=C(/C=C/C2=C3Oc4cc(O)c(Br)cc4C=C3CCC2)C(C)(C)c2cc(Br)ccc21. The molecule has 0 unspecified atom stereocenters. The predicted molar refractivity (Wildman–Crippen MR) is 137 cm³/mol. The zero-order valence-corrected chi connectivity index (χ0v) is 21.7. The molecule has 3 aliphatic rings. The standard InChI is InChI=1S/C27H25Br2NO2/c1-4-30-22-10-9-19(28)14-20(22)27(2,3)25(30)11-8-16-6-5-7-17-12-18-13-21(29)23(31)15-24(18)32-26(16)17/h8-15H,4-7H2,1-3H3/p+1. The first-order valence-corrected chi connectivity index (χ1v) is 12.7. The lowest BCUT2D eigenvalue weighted by molar-refractivity contribution is -0.433. The average Bonchev–Trinajstić information content (AvgIpc) is 2.97. The molecule has 0 amide bonds. The highest BCUT2D eigenvalue weighted by Crippen LogP contribution is 2.44. The summed E-state index contributed by atoms with van der Waals surface area (Å²) in [5, 5.41) is 10.1. The van der Waals surface area contributed by atoms with Gasteiger partial charge in [0.25, 0.3) is 0 Å². The lowest BCUT2D eigenvalue weighted by Gasteiger charge is -2.27. The maximum atomic E-state index is 10.1. The Morgan fingerprint density at radius 2 is 1.94 bits per heavy atom. The summed E-state index contributed by atoms with van der Waals surface area (Å²) in [6, 6.07) is 10.2. The van der Waals surface area contributed by atoms with E-state index in [0.717, 1.165) is 41.6 Å². The molecule has 0 atom stereocenters. The lowest BCUT2D eigenvalue weighted by atomic mass is 9.81. The summed E-state index contributed by atoms with van der Waals surface area (Å²) >= 11 is 7.05. The van der Waals surface area contributed by atoms with E-state index in [1.807, 2.05) is 6.07 Å². The second-order valence-electron chi connectivity index (χ2n) is 9.07. The van der Waals surface area contributed by atoms with E-state index in [-0.39, 0.29) is 11.2 Å². The van der Waals surface area contributed by atoms with Crippen molar-refractivity contribution in [3.8, 4) is 11.5 Å². The minimum atomic E-state index is -0.0811. The van der Waals surface area contributed by atoms with Crippen molar-refractivity contribution >= 4 is 49.3 Å². The van der Waals surface area contributed by atoms with E-state index < -0.39 is 0 Å². The van der Waals surface area contributed by atoms with E-state index in [4.69, 9.17) is 4.74 Å². The number of halogens is 2. The Bertz CT molecular complexity index is 1260. The van der Waals surface area contributed by atoms with Crippen LogP contribution in [0.5, 0.6) is 11.5 Å². The van der Waals surface area contributed by atoms with Crippen LogP contribution in [0.3, 0.4) is 0 Å². The van der Waals surface area contributed by atoms with Gasteiger partial charge in [0.1, 0.15) is 23.8 Å². The van der Waals surface area contributed by atoms with Crippen LogP contribution in [0.25, 0.3) is 6.08 Å². The van der Waals surface area contributed by atoms with Crippen molar-refractivity contribution in [2.75, 3.05) is 6.54 Å². The van der Waals surface area contributed by atoms with Crippen molar-refractivity contribution in [2.24, 2.45) is 0 Å². The van der Waals surface area contributed by atoms with Crippen molar-refractivity contribution in [1.82, 2.24) is 0 Å². The maximum Gasteiger partial charge on any atom is 0.209 e. The predicted octanol–water partition coefficient (Wildman–Crippen LogP) is 7.78. The molecular formula is C27H26Br2NO2+. The molecule has 32 heavy (non-hydrogen) atoms. The number of rotatable bonds is 3. The van der Waals surface area contributed by atoms with Crippen LogP contribution in [0, 0.1) is 0 Å². The van der Waals surface area contributed by atoms with E-state index in [1.165, 1.54) is 28.1 Å². The molecule has 5 rings (SSSR count). The maximum absolute atomic E-state index is 10.1. The molecule has 0 spiro atoms.